The van der Waals surface area contributed by atoms with Crippen LogP contribution in [0.25, 0.3) is 5.82 Å². The molecule has 8 nitrogen and oxygen atoms in total. The van der Waals surface area contributed by atoms with Crippen molar-refractivity contribution in [2.45, 2.75) is 19.1 Å². The van der Waals surface area contributed by atoms with Crippen LogP contribution in [-0.4, -0.2) is 31.0 Å². The molecule has 0 saturated heterocycles. The van der Waals surface area contributed by atoms with E-state index in [4.69, 9.17) is 11.6 Å². The Balaban J connectivity index is 1.75. The van der Waals surface area contributed by atoms with E-state index in [1.165, 1.54) is 35.7 Å². The minimum atomic E-state index is -4.64. The second-order valence-electron chi connectivity index (χ2n) is 5.60. The molecule has 1 unspecified atom stereocenters. The number of hydrogen-bond donors (Lipinski definition) is 2. The predicted molar refractivity (Wildman–Crippen MR) is 94.0 cm³/mol. The summed E-state index contributed by atoms with van der Waals surface area (Å²) in [7, 11) is 0. The highest BCUT2D eigenvalue weighted by atomic mass is 35.5. The molecule has 1 atom stereocenters. The van der Waals surface area contributed by atoms with E-state index in [2.05, 4.69) is 30.8 Å². The van der Waals surface area contributed by atoms with Crippen LogP contribution in [0.3, 0.4) is 0 Å². The molecule has 0 radical (unpaired) electrons. The maximum atomic E-state index is 12.9. The number of carbonyl (C=O) groups excluding carboxylic acids is 1. The number of hydrogen-bond acceptors (Lipinski definition) is 5. The van der Waals surface area contributed by atoms with Crippen LogP contribution in [0.5, 0.6) is 0 Å². The van der Waals surface area contributed by atoms with Crippen LogP contribution in [0.2, 0.25) is 5.02 Å². The van der Waals surface area contributed by atoms with Crippen LogP contribution in [-0.2, 0) is 6.18 Å². The third kappa shape index (κ3) is 4.36. The Morgan fingerprint density at radius 1 is 1.14 bits per heavy atom. The van der Waals surface area contributed by atoms with Crippen molar-refractivity contribution in [2.24, 2.45) is 0 Å². The molecule has 2 heterocycles. The van der Waals surface area contributed by atoms with E-state index in [0.29, 0.717) is 11.5 Å². The summed E-state index contributed by atoms with van der Waals surface area (Å²) in [5.41, 5.74) is -0.726. The SMILES string of the molecule is CC(NC(=O)Nc1ccc(Cl)c(C(F)(F)F)c1)c1nccnc1-n1nccn1. The lowest BCUT2D eigenvalue weighted by Gasteiger charge is -2.17. The largest absolute Gasteiger partial charge is 0.417 e. The highest BCUT2D eigenvalue weighted by Gasteiger charge is 2.33. The number of benzene rings is 1. The predicted octanol–water partition coefficient (Wildman–Crippen LogP) is 3.61. The average molecular weight is 412 g/mol. The Kier molecular flexibility index (Phi) is 5.45. The monoisotopic (exact) mass is 411 g/mol. The fourth-order valence-corrected chi connectivity index (χ4v) is 2.60. The van der Waals surface area contributed by atoms with Crippen molar-refractivity contribution in [1.29, 1.82) is 0 Å². The van der Waals surface area contributed by atoms with Crippen LogP contribution in [0.4, 0.5) is 23.7 Å². The van der Waals surface area contributed by atoms with Gasteiger partial charge in [-0.3, -0.25) is 4.98 Å². The summed E-state index contributed by atoms with van der Waals surface area (Å²) >= 11 is 5.57. The molecule has 12 heteroatoms. The fourth-order valence-electron chi connectivity index (χ4n) is 2.38. The van der Waals surface area contributed by atoms with Crippen molar-refractivity contribution in [2.75, 3.05) is 5.32 Å². The number of nitrogens with one attached hydrogen (secondary N) is 2. The summed E-state index contributed by atoms with van der Waals surface area (Å²) in [5.74, 6) is 0.311. The lowest BCUT2D eigenvalue weighted by molar-refractivity contribution is -0.137. The lowest BCUT2D eigenvalue weighted by atomic mass is 10.2. The third-order valence-electron chi connectivity index (χ3n) is 3.60. The molecule has 2 aromatic heterocycles. The van der Waals surface area contributed by atoms with E-state index in [1.54, 1.807) is 6.92 Å². The van der Waals surface area contributed by atoms with Gasteiger partial charge in [0.25, 0.3) is 0 Å². The summed E-state index contributed by atoms with van der Waals surface area (Å²) in [6.45, 7) is 1.64. The molecule has 3 aromatic rings. The first-order valence-electron chi connectivity index (χ1n) is 7.87. The van der Waals surface area contributed by atoms with Gasteiger partial charge in [0, 0.05) is 18.1 Å². The van der Waals surface area contributed by atoms with E-state index in [1.807, 2.05) is 0 Å². The highest BCUT2D eigenvalue weighted by Crippen LogP contribution is 2.36. The summed E-state index contributed by atoms with van der Waals surface area (Å²) in [6.07, 6.45) is 1.17. The van der Waals surface area contributed by atoms with Crippen molar-refractivity contribution < 1.29 is 18.0 Å². The molecular formula is C16H13ClF3N7O. The molecular weight excluding hydrogens is 399 g/mol. The number of alkyl halides is 3. The van der Waals surface area contributed by atoms with Crippen molar-refractivity contribution in [3.63, 3.8) is 0 Å². The second-order valence-corrected chi connectivity index (χ2v) is 6.00. The molecule has 1 aromatic carbocycles. The Bertz CT molecular complexity index is 979. The number of nitrogens with zero attached hydrogens (tertiary/aromatic N) is 5. The number of rotatable bonds is 4. The Labute approximate surface area is 161 Å². The molecule has 0 spiro atoms. The highest BCUT2D eigenvalue weighted by molar-refractivity contribution is 6.31. The third-order valence-corrected chi connectivity index (χ3v) is 3.93. The van der Waals surface area contributed by atoms with Gasteiger partial charge in [-0.1, -0.05) is 11.6 Å². The van der Waals surface area contributed by atoms with Crippen LogP contribution in [0.1, 0.15) is 24.2 Å². The first-order valence-corrected chi connectivity index (χ1v) is 8.25. The molecule has 0 saturated carbocycles. The molecule has 0 aliphatic heterocycles. The quantitative estimate of drug-likeness (QED) is 0.683. The van der Waals surface area contributed by atoms with Gasteiger partial charge in [-0.05, 0) is 25.1 Å². The van der Waals surface area contributed by atoms with Gasteiger partial charge in [0.2, 0.25) is 0 Å². The topological polar surface area (TPSA) is 97.6 Å². The zero-order valence-corrected chi connectivity index (χ0v) is 15.0. The zero-order valence-electron chi connectivity index (χ0n) is 14.3. The maximum Gasteiger partial charge on any atom is 0.417 e. The van der Waals surface area contributed by atoms with E-state index < -0.39 is 28.8 Å². The van der Waals surface area contributed by atoms with E-state index in [-0.39, 0.29) is 5.69 Å². The van der Waals surface area contributed by atoms with Crippen molar-refractivity contribution in [1.82, 2.24) is 30.3 Å². The summed E-state index contributed by atoms with van der Waals surface area (Å²) in [6, 6.07) is 1.72. The van der Waals surface area contributed by atoms with Gasteiger partial charge in [0.1, 0.15) is 5.69 Å². The summed E-state index contributed by atoms with van der Waals surface area (Å²) in [5, 5.41) is 12.4. The molecule has 0 bridgehead atoms. The van der Waals surface area contributed by atoms with Gasteiger partial charge < -0.3 is 10.6 Å². The fraction of sp³-hybridized carbons (Fsp3) is 0.188. The molecule has 0 aliphatic carbocycles. The number of amides is 2. The minimum absolute atomic E-state index is 0.0606. The molecule has 0 fully saturated rings. The first kappa shape index (κ1) is 19.5. The number of aromatic nitrogens is 5. The first-order chi connectivity index (χ1) is 13.3. The molecule has 2 amide bonds. The molecule has 0 aliphatic rings. The van der Waals surface area contributed by atoms with Gasteiger partial charge in [-0.2, -0.15) is 23.4 Å². The van der Waals surface area contributed by atoms with Crippen LogP contribution in [0, 0.1) is 0 Å². The lowest BCUT2D eigenvalue weighted by Crippen LogP contribution is -2.32. The molecule has 2 N–H and O–H groups in total. The standard InChI is InChI=1S/C16H13ClF3N7O/c1-9(13-14(22-5-4-21-13)27-23-6-7-24-27)25-15(28)26-10-2-3-12(17)11(8-10)16(18,19)20/h2-9H,1H3,(H2,25,26,28). The van der Waals surface area contributed by atoms with E-state index in [9.17, 15) is 18.0 Å². The second kappa shape index (κ2) is 7.80. The summed E-state index contributed by atoms with van der Waals surface area (Å²) in [4.78, 5) is 21.8. The van der Waals surface area contributed by atoms with Gasteiger partial charge >= 0.3 is 12.2 Å². The van der Waals surface area contributed by atoms with Crippen LogP contribution in [0.15, 0.2) is 43.0 Å². The van der Waals surface area contributed by atoms with Gasteiger partial charge in [-0.15, -0.1) is 4.80 Å². The Morgan fingerprint density at radius 2 is 1.82 bits per heavy atom. The normalized spacial score (nSPS) is 12.5. The van der Waals surface area contributed by atoms with E-state index >= 15 is 0 Å². The molecule has 146 valence electrons. The van der Waals surface area contributed by atoms with Crippen molar-refractivity contribution in [3.8, 4) is 5.82 Å². The summed E-state index contributed by atoms with van der Waals surface area (Å²) < 4.78 is 38.8. The van der Waals surface area contributed by atoms with Gasteiger partial charge in [0.05, 0.1) is 29.0 Å². The van der Waals surface area contributed by atoms with Crippen LogP contribution >= 0.6 is 11.6 Å². The van der Waals surface area contributed by atoms with Gasteiger partial charge in [-0.25, -0.2) is 9.78 Å². The minimum Gasteiger partial charge on any atom is -0.330 e. The number of anilines is 1. The van der Waals surface area contributed by atoms with E-state index in [0.717, 1.165) is 12.1 Å². The smallest absolute Gasteiger partial charge is 0.330 e. The number of urea groups is 1. The Morgan fingerprint density at radius 3 is 2.50 bits per heavy atom. The number of halogens is 4. The van der Waals surface area contributed by atoms with Crippen LogP contribution < -0.4 is 10.6 Å². The zero-order chi connectivity index (χ0) is 20.3. The molecule has 28 heavy (non-hydrogen) atoms. The van der Waals surface area contributed by atoms with Crippen molar-refractivity contribution >= 4 is 23.3 Å². The number of carbonyl (C=O) groups is 1. The Hall–Kier alpha value is -3.21. The maximum absolute atomic E-state index is 12.9. The average Bonchev–Trinajstić information content (AvgIpc) is 3.17. The van der Waals surface area contributed by atoms with Gasteiger partial charge in [0.15, 0.2) is 5.82 Å². The molecule has 3 rings (SSSR count). The van der Waals surface area contributed by atoms with Crippen molar-refractivity contribution in [3.05, 3.63) is 59.3 Å².